The predicted octanol–water partition coefficient (Wildman–Crippen LogP) is 3.43. The number of hydrogen-bond acceptors (Lipinski definition) is 1. The molecule has 0 fully saturated rings. The molecule has 0 unspecified atom stereocenters. The molecule has 0 spiro atoms. The van der Waals surface area contributed by atoms with Crippen LogP contribution in [0.1, 0.15) is 44.4 Å². The van der Waals surface area contributed by atoms with Gasteiger partial charge in [-0.1, -0.05) is 45.9 Å². The molecule has 0 saturated carbocycles. The number of rotatable bonds is 4. The van der Waals surface area contributed by atoms with E-state index in [1.165, 1.54) is 16.7 Å². The maximum atomic E-state index is 12.2. The van der Waals surface area contributed by atoms with E-state index in [0.29, 0.717) is 18.3 Å². The van der Waals surface area contributed by atoms with E-state index in [1.807, 2.05) is 4.90 Å². The normalized spacial score (nSPS) is 15.3. The number of benzene rings is 1. The van der Waals surface area contributed by atoms with Gasteiger partial charge in [-0.05, 0) is 34.9 Å². The Bertz CT molecular complexity index is 462. The minimum absolute atomic E-state index is 0.280. The lowest BCUT2D eigenvalue weighted by Crippen LogP contribution is -2.38. The molecule has 0 bridgehead atoms. The number of nitrogens with zero attached hydrogens (tertiary/aromatic N) is 1. The first-order valence-electron chi connectivity index (χ1n) is 7.34. The van der Waals surface area contributed by atoms with Crippen molar-refractivity contribution in [2.45, 2.75) is 47.1 Å². The highest BCUT2D eigenvalue weighted by Gasteiger charge is 2.23. The van der Waals surface area contributed by atoms with E-state index >= 15 is 0 Å². The largest absolute Gasteiger partial charge is 0.338 e. The summed E-state index contributed by atoms with van der Waals surface area (Å²) in [5, 5.41) is 0. The Morgan fingerprint density at radius 1 is 1.11 bits per heavy atom. The number of carbonyl (C=O) groups is 1. The summed E-state index contributed by atoms with van der Waals surface area (Å²) in [6.45, 7) is 10.4. The first-order valence-corrected chi connectivity index (χ1v) is 7.34. The highest BCUT2D eigenvalue weighted by molar-refractivity contribution is 5.81. The molecule has 19 heavy (non-hydrogen) atoms. The molecule has 1 aliphatic rings. The maximum absolute atomic E-state index is 12.2. The summed E-state index contributed by atoms with van der Waals surface area (Å²) in [6.07, 6.45) is 1.67. The van der Waals surface area contributed by atoms with Gasteiger partial charge in [-0.2, -0.15) is 0 Å². The quantitative estimate of drug-likeness (QED) is 0.811. The molecule has 2 nitrogen and oxygen atoms in total. The summed E-state index contributed by atoms with van der Waals surface area (Å²) < 4.78 is 0. The fourth-order valence-electron chi connectivity index (χ4n) is 2.77. The molecule has 1 aromatic rings. The van der Waals surface area contributed by atoms with Crippen molar-refractivity contribution in [2.75, 3.05) is 6.54 Å². The zero-order valence-electron chi connectivity index (χ0n) is 12.6. The minimum Gasteiger partial charge on any atom is -0.338 e. The zero-order valence-corrected chi connectivity index (χ0v) is 12.6. The first kappa shape index (κ1) is 14.1. The Hall–Kier alpha value is -1.31. The molecule has 2 rings (SSSR count). The van der Waals surface area contributed by atoms with E-state index in [0.717, 1.165) is 19.5 Å². The molecule has 2 heteroatoms. The van der Waals surface area contributed by atoms with Gasteiger partial charge >= 0.3 is 0 Å². The van der Waals surface area contributed by atoms with Crippen molar-refractivity contribution < 1.29 is 4.79 Å². The van der Waals surface area contributed by atoms with Crippen LogP contribution in [-0.4, -0.2) is 17.4 Å². The number of carbonyl (C=O) groups excluding carboxylic acids is 1. The molecular formula is C17H25NO. The van der Waals surface area contributed by atoms with Crippen LogP contribution in [0.2, 0.25) is 0 Å². The van der Waals surface area contributed by atoms with Crippen LogP contribution >= 0.6 is 0 Å². The van der Waals surface area contributed by atoms with Gasteiger partial charge in [0.1, 0.15) is 0 Å². The maximum Gasteiger partial charge on any atom is 0.227 e. The summed E-state index contributed by atoms with van der Waals surface area (Å²) >= 11 is 0. The lowest BCUT2D eigenvalue weighted by Gasteiger charge is -2.30. The van der Waals surface area contributed by atoms with Crippen LogP contribution in [0.3, 0.4) is 0 Å². The first-order chi connectivity index (χ1) is 8.95. The van der Waals surface area contributed by atoms with Crippen LogP contribution in [0.15, 0.2) is 18.2 Å². The van der Waals surface area contributed by atoms with Gasteiger partial charge in [-0.25, -0.2) is 0 Å². The van der Waals surface area contributed by atoms with Crippen LogP contribution in [0, 0.1) is 11.8 Å². The second-order valence-electron chi connectivity index (χ2n) is 6.55. The van der Waals surface area contributed by atoms with Crippen molar-refractivity contribution in [2.24, 2.45) is 11.8 Å². The van der Waals surface area contributed by atoms with Gasteiger partial charge in [0.15, 0.2) is 0 Å². The van der Waals surface area contributed by atoms with E-state index in [2.05, 4.69) is 45.9 Å². The smallest absolute Gasteiger partial charge is 0.227 e. The molecule has 0 atom stereocenters. The third-order valence-corrected chi connectivity index (χ3v) is 3.56. The lowest BCUT2D eigenvalue weighted by molar-refractivity contribution is -0.132. The number of hydrogen-bond donors (Lipinski definition) is 0. The predicted molar refractivity (Wildman–Crippen MR) is 78.9 cm³/mol. The van der Waals surface area contributed by atoms with Gasteiger partial charge in [0.25, 0.3) is 0 Å². The van der Waals surface area contributed by atoms with Gasteiger partial charge in [-0.3, -0.25) is 4.79 Å². The summed E-state index contributed by atoms with van der Waals surface area (Å²) in [5.41, 5.74) is 3.93. The summed E-state index contributed by atoms with van der Waals surface area (Å²) in [5.74, 6) is 1.48. The van der Waals surface area contributed by atoms with E-state index in [-0.39, 0.29) is 5.91 Å². The van der Waals surface area contributed by atoms with Crippen molar-refractivity contribution in [3.8, 4) is 0 Å². The standard InChI is InChI=1S/C17H25NO/c1-12(2)7-14-5-6-15-11-18(10-13(3)4)17(19)9-16(15)8-14/h5-6,8,12-13H,7,9-11H2,1-4H3. The molecule has 1 amide bonds. The van der Waals surface area contributed by atoms with Crippen molar-refractivity contribution in [1.82, 2.24) is 4.90 Å². The molecule has 1 heterocycles. The van der Waals surface area contributed by atoms with E-state index < -0.39 is 0 Å². The van der Waals surface area contributed by atoms with E-state index in [4.69, 9.17) is 0 Å². The molecule has 0 radical (unpaired) electrons. The average Bonchev–Trinajstić information content (AvgIpc) is 2.29. The molecule has 0 N–H and O–H groups in total. The highest BCUT2D eigenvalue weighted by Crippen LogP contribution is 2.23. The van der Waals surface area contributed by atoms with Crippen LogP contribution < -0.4 is 0 Å². The Balaban J connectivity index is 2.16. The van der Waals surface area contributed by atoms with Crippen molar-refractivity contribution >= 4 is 5.91 Å². The zero-order chi connectivity index (χ0) is 14.0. The van der Waals surface area contributed by atoms with E-state index in [9.17, 15) is 4.79 Å². The number of fused-ring (bicyclic) bond motifs is 1. The summed E-state index contributed by atoms with van der Waals surface area (Å²) in [6, 6.07) is 6.68. The molecule has 0 aromatic heterocycles. The fraction of sp³-hybridized carbons (Fsp3) is 0.588. The average molecular weight is 259 g/mol. The van der Waals surface area contributed by atoms with Crippen molar-refractivity contribution in [1.29, 1.82) is 0 Å². The molecule has 0 saturated heterocycles. The van der Waals surface area contributed by atoms with Gasteiger partial charge in [-0.15, -0.1) is 0 Å². The molecular weight excluding hydrogens is 234 g/mol. The fourth-order valence-corrected chi connectivity index (χ4v) is 2.77. The van der Waals surface area contributed by atoms with Gasteiger partial charge in [0, 0.05) is 13.1 Å². The minimum atomic E-state index is 0.280. The topological polar surface area (TPSA) is 20.3 Å². The Kier molecular flexibility index (Phi) is 4.28. The van der Waals surface area contributed by atoms with Crippen LogP contribution in [-0.2, 0) is 24.2 Å². The van der Waals surface area contributed by atoms with Crippen LogP contribution in [0.5, 0.6) is 0 Å². The van der Waals surface area contributed by atoms with Crippen molar-refractivity contribution in [3.63, 3.8) is 0 Å². The summed E-state index contributed by atoms with van der Waals surface area (Å²) in [7, 11) is 0. The van der Waals surface area contributed by atoms with Crippen LogP contribution in [0.25, 0.3) is 0 Å². The van der Waals surface area contributed by atoms with Crippen molar-refractivity contribution in [3.05, 3.63) is 34.9 Å². The second kappa shape index (κ2) is 5.77. The van der Waals surface area contributed by atoms with Gasteiger partial charge < -0.3 is 4.90 Å². The number of amides is 1. The Morgan fingerprint density at radius 2 is 1.84 bits per heavy atom. The molecule has 1 aromatic carbocycles. The SMILES string of the molecule is CC(C)Cc1ccc2c(c1)CC(=O)N(CC(C)C)C2. The van der Waals surface area contributed by atoms with Gasteiger partial charge in [0.2, 0.25) is 5.91 Å². The molecule has 104 valence electrons. The van der Waals surface area contributed by atoms with Crippen LogP contribution in [0.4, 0.5) is 0 Å². The van der Waals surface area contributed by atoms with Gasteiger partial charge in [0.05, 0.1) is 6.42 Å². The molecule has 0 aliphatic carbocycles. The summed E-state index contributed by atoms with van der Waals surface area (Å²) in [4.78, 5) is 14.1. The van der Waals surface area contributed by atoms with E-state index in [1.54, 1.807) is 0 Å². The third-order valence-electron chi connectivity index (χ3n) is 3.56. The highest BCUT2D eigenvalue weighted by atomic mass is 16.2. The molecule has 1 aliphatic heterocycles. The Labute approximate surface area is 116 Å². The third kappa shape index (κ3) is 3.59. The lowest BCUT2D eigenvalue weighted by atomic mass is 9.93. The monoisotopic (exact) mass is 259 g/mol. The second-order valence-corrected chi connectivity index (χ2v) is 6.55. The Morgan fingerprint density at radius 3 is 2.47 bits per heavy atom.